The molecule has 0 saturated carbocycles. The largest absolute Gasteiger partial charge is 0.494 e. The highest BCUT2D eigenvalue weighted by Gasteiger charge is 2.07. The third kappa shape index (κ3) is 3.45. The van der Waals surface area contributed by atoms with Crippen LogP contribution in [0.3, 0.4) is 0 Å². The molecule has 7 heteroatoms. The number of ether oxygens (including phenoxy) is 1. The van der Waals surface area contributed by atoms with Crippen molar-refractivity contribution in [2.45, 2.75) is 6.92 Å². The zero-order chi connectivity index (χ0) is 16.2. The lowest BCUT2D eigenvalue weighted by Gasteiger charge is -2.06. The third-order valence-corrected chi connectivity index (χ3v) is 3.06. The van der Waals surface area contributed by atoms with Gasteiger partial charge < -0.3 is 10.1 Å². The van der Waals surface area contributed by atoms with E-state index >= 15 is 0 Å². The molecule has 3 aromatic rings. The van der Waals surface area contributed by atoms with Gasteiger partial charge in [-0.3, -0.25) is 0 Å². The Morgan fingerprint density at radius 2 is 2.00 bits per heavy atom. The zero-order valence-electron chi connectivity index (χ0n) is 12.3. The van der Waals surface area contributed by atoms with E-state index in [0.717, 1.165) is 23.6 Å². The molecule has 23 heavy (non-hydrogen) atoms. The first-order valence-corrected chi connectivity index (χ1v) is 7.02. The van der Waals surface area contributed by atoms with Crippen LogP contribution in [-0.2, 0) is 0 Å². The Labute approximate surface area is 131 Å². The predicted molar refractivity (Wildman–Crippen MR) is 82.2 cm³/mol. The summed E-state index contributed by atoms with van der Waals surface area (Å²) in [6.07, 6.45) is 1.42. The Bertz CT molecular complexity index is 819. The quantitative estimate of drug-likeness (QED) is 0.780. The predicted octanol–water partition coefficient (Wildman–Crippen LogP) is 3.69. The first kappa shape index (κ1) is 15.0. The minimum Gasteiger partial charge on any atom is -0.494 e. The standard InChI is InChI=1S/C16H14F2N4O/c1-2-23-13-5-3-4-11(8-13)20-16-19-10-22(21-16)12-6-7-14(17)15(18)9-12/h3-10H,2H2,1H3,(H,20,21). The van der Waals surface area contributed by atoms with Crippen molar-refractivity contribution in [3.63, 3.8) is 0 Å². The van der Waals surface area contributed by atoms with Crippen molar-refractivity contribution in [1.82, 2.24) is 14.8 Å². The molecule has 0 amide bonds. The molecule has 0 aliphatic heterocycles. The normalized spacial score (nSPS) is 10.6. The smallest absolute Gasteiger partial charge is 0.246 e. The summed E-state index contributed by atoms with van der Waals surface area (Å²) in [6.45, 7) is 2.48. The Morgan fingerprint density at radius 1 is 1.13 bits per heavy atom. The van der Waals surface area contributed by atoms with Crippen molar-refractivity contribution in [3.05, 3.63) is 60.4 Å². The van der Waals surface area contributed by atoms with E-state index in [4.69, 9.17) is 4.74 Å². The number of hydrogen-bond donors (Lipinski definition) is 1. The van der Waals surface area contributed by atoms with E-state index in [1.165, 1.54) is 17.1 Å². The molecule has 1 heterocycles. The Balaban J connectivity index is 1.79. The van der Waals surface area contributed by atoms with Crippen molar-refractivity contribution in [3.8, 4) is 11.4 Å². The molecular weight excluding hydrogens is 302 g/mol. The molecule has 0 spiro atoms. The molecule has 0 aliphatic rings. The summed E-state index contributed by atoms with van der Waals surface area (Å²) in [5.41, 5.74) is 1.14. The van der Waals surface area contributed by atoms with Crippen molar-refractivity contribution < 1.29 is 13.5 Å². The molecule has 0 unspecified atom stereocenters. The van der Waals surface area contributed by atoms with Crippen molar-refractivity contribution in [2.75, 3.05) is 11.9 Å². The lowest BCUT2D eigenvalue weighted by molar-refractivity contribution is 0.340. The number of anilines is 2. The molecule has 1 N–H and O–H groups in total. The molecule has 0 atom stereocenters. The summed E-state index contributed by atoms with van der Waals surface area (Å²) >= 11 is 0. The van der Waals surface area contributed by atoms with Crippen LogP contribution in [0.4, 0.5) is 20.4 Å². The molecule has 118 valence electrons. The van der Waals surface area contributed by atoms with Gasteiger partial charge in [-0.1, -0.05) is 6.07 Å². The van der Waals surface area contributed by atoms with Crippen molar-refractivity contribution >= 4 is 11.6 Å². The van der Waals surface area contributed by atoms with Gasteiger partial charge >= 0.3 is 0 Å². The van der Waals surface area contributed by atoms with Crippen molar-refractivity contribution in [1.29, 1.82) is 0 Å². The van der Waals surface area contributed by atoms with Crippen molar-refractivity contribution in [2.24, 2.45) is 0 Å². The first-order chi connectivity index (χ1) is 11.2. The molecule has 0 fully saturated rings. The number of aromatic nitrogens is 3. The summed E-state index contributed by atoms with van der Waals surface area (Å²) in [5.74, 6) is -0.766. The number of nitrogens with zero attached hydrogens (tertiary/aromatic N) is 3. The van der Waals surface area contributed by atoms with E-state index in [1.54, 1.807) is 0 Å². The topological polar surface area (TPSA) is 52.0 Å². The van der Waals surface area contributed by atoms with Crippen LogP contribution in [0.2, 0.25) is 0 Å². The molecule has 1 aromatic heterocycles. The molecule has 0 bridgehead atoms. The van der Waals surface area contributed by atoms with Gasteiger partial charge in [0.2, 0.25) is 5.95 Å². The fourth-order valence-corrected chi connectivity index (χ4v) is 2.03. The van der Waals surface area contributed by atoms with Crippen LogP contribution in [0.5, 0.6) is 5.75 Å². The van der Waals surface area contributed by atoms with Gasteiger partial charge in [0.25, 0.3) is 0 Å². The lowest BCUT2D eigenvalue weighted by Crippen LogP contribution is -1.99. The van der Waals surface area contributed by atoms with E-state index in [1.807, 2.05) is 31.2 Å². The lowest BCUT2D eigenvalue weighted by atomic mass is 10.3. The van der Waals surface area contributed by atoms with Gasteiger partial charge in [0.05, 0.1) is 12.3 Å². The molecule has 0 aliphatic carbocycles. The van der Waals surface area contributed by atoms with E-state index < -0.39 is 11.6 Å². The summed E-state index contributed by atoms with van der Waals surface area (Å²) in [6, 6.07) is 10.9. The van der Waals surface area contributed by atoms with Crippen LogP contribution < -0.4 is 10.1 Å². The van der Waals surface area contributed by atoms with E-state index in [-0.39, 0.29) is 0 Å². The minimum absolute atomic E-state index is 0.336. The summed E-state index contributed by atoms with van der Waals surface area (Å²) < 4.78 is 33.0. The second-order valence-corrected chi connectivity index (χ2v) is 4.70. The number of nitrogens with one attached hydrogen (secondary N) is 1. The highest BCUT2D eigenvalue weighted by atomic mass is 19.2. The van der Waals surface area contributed by atoms with Crippen LogP contribution in [-0.4, -0.2) is 21.4 Å². The van der Waals surface area contributed by atoms with Gasteiger partial charge in [-0.2, -0.15) is 4.98 Å². The third-order valence-electron chi connectivity index (χ3n) is 3.06. The first-order valence-electron chi connectivity index (χ1n) is 7.02. The van der Waals surface area contributed by atoms with Crippen LogP contribution in [0.15, 0.2) is 48.8 Å². The molecular formula is C16H14F2N4O. The fourth-order valence-electron chi connectivity index (χ4n) is 2.03. The second-order valence-electron chi connectivity index (χ2n) is 4.70. The number of rotatable bonds is 5. The Kier molecular flexibility index (Phi) is 4.18. The van der Waals surface area contributed by atoms with Gasteiger partial charge in [-0.25, -0.2) is 13.5 Å². The van der Waals surface area contributed by atoms with Gasteiger partial charge in [-0.15, -0.1) is 5.10 Å². The van der Waals surface area contributed by atoms with E-state index in [0.29, 0.717) is 18.2 Å². The SMILES string of the molecule is CCOc1cccc(Nc2ncn(-c3ccc(F)c(F)c3)n2)c1. The van der Waals surface area contributed by atoms with Gasteiger partial charge in [-0.05, 0) is 31.2 Å². The van der Waals surface area contributed by atoms with Crippen LogP contribution in [0.1, 0.15) is 6.92 Å². The monoisotopic (exact) mass is 316 g/mol. The second kappa shape index (κ2) is 6.43. The van der Waals surface area contributed by atoms with E-state index in [9.17, 15) is 8.78 Å². The summed E-state index contributed by atoms with van der Waals surface area (Å²) in [7, 11) is 0. The average Bonchev–Trinajstić information content (AvgIpc) is 2.99. The Hall–Kier alpha value is -2.96. The van der Waals surface area contributed by atoms with Crippen LogP contribution in [0, 0.1) is 11.6 Å². The number of benzene rings is 2. The molecule has 3 rings (SSSR count). The highest BCUT2D eigenvalue weighted by Crippen LogP contribution is 2.20. The number of hydrogen-bond acceptors (Lipinski definition) is 4. The van der Waals surface area contributed by atoms with Crippen LogP contribution in [0.25, 0.3) is 5.69 Å². The Morgan fingerprint density at radius 3 is 2.78 bits per heavy atom. The zero-order valence-corrected chi connectivity index (χ0v) is 12.3. The van der Waals surface area contributed by atoms with Crippen LogP contribution >= 0.6 is 0 Å². The van der Waals surface area contributed by atoms with Gasteiger partial charge in [0.1, 0.15) is 12.1 Å². The number of halogens is 2. The molecule has 5 nitrogen and oxygen atoms in total. The van der Waals surface area contributed by atoms with E-state index in [2.05, 4.69) is 15.4 Å². The van der Waals surface area contributed by atoms with Gasteiger partial charge in [0, 0.05) is 17.8 Å². The summed E-state index contributed by atoms with van der Waals surface area (Å²) in [5, 5.41) is 7.21. The van der Waals surface area contributed by atoms with Gasteiger partial charge in [0.15, 0.2) is 11.6 Å². The molecule has 0 radical (unpaired) electrons. The maximum absolute atomic E-state index is 13.3. The maximum atomic E-state index is 13.3. The average molecular weight is 316 g/mol. The molecule has 2 aromatic carbocycles. The highest BCUT2D eigenvalue weighted by molar-refractivity contribution is 5.55. The summed E-state index contributed by atoms with van der Waals surface area (Å²) in [4.78, 5) is 4.10. The fraction of sp³-hybridized carbons (Fsp3) is 0.125. The minimum atomic E-state index is -0.933. The maximum Gasteiger partial charge on any atom is 0.246 e. The molecule has 0 saturated heterocycles.